The number of halogens is 1. The largest absolute Gasteiger partial charge is 0.508 e. The zero-order valence-corrected chi connectivity index (χ0v) is 9.00. The van der Waals surface area contributed by atoms with Crippen LogP contribution in [-0.2, 0) is 4.74 Å². The third-order valence-electron chi connectivity index (χ3n) is 2.76. The molecule has 0 bridgehead atoms. The van der Waals surface area contributed by atoms with E-state index in [2.05, 4.69) is 0 Å². The zero-order valence-electron chi connectivity index (χ0n) is 8.24. The number of hydrogen-bond donors (Lipinski definition) is 2. The molecule has 0 spiro atoms. The van der Waals surface area contributed by atoms with Crippen LogP contribution in [0.3, 0.4) is 0 Å². The summed E-state index contributed by atoms with van der Waals surface area (Å²) in [4.78, 5) is 0. The molecule has 1 heterocycles. The molecular weight excluding hydrogens is 216 g/mol. The molecule has 3 nitrogen and oxygen atoms in total. The third kappa shape index (κ3) is 2.19. The van der Waals surface area contributed by atoms with E-state index < -0.39 is 0 Å². The Hall–Kier alpha value is -0.930. The fourth-order valence-corrected chi connectivity index (χ4v) is 2.07. The minimum atomic E-state index is -0.0787. The van der Waals surface area contributed by atoms with Crippen LogP contribution in [0, 0.1) is 0 Å². The van der Waals surface area contributed by atoms with E-state index in [9.17, 15) is 10.2 Å². The lowest BCUT2D eigenvalue weighted by Crippen LogP contribution is -2.14. The quantitative estimate of drug-likeness (QED) is 0.777. The first-order valence-corrected chi connectivity index (χ1v) is 5.35. The molecule has 0 aliphatic carbocycles. The Balaban J connectivity index is 2.30. The van der Waals surface area contributed by atoms with E-state index in [1.807, 2.05) is 0 Å². The fourth-order valence-electron chi connectivity index (χ4n) is 1.90. The molecule has 0 atom stereocenters. The van der Waals surface area contributed by atoms with E-state index in [0.717, 1.165) is 18.4 Å². The van der Waals surface area contributed by atoms with Gasteiger partial charge in [-0.15, -0.1) is 0 Å². The molecule has 82 valence electrons. The van der Waals surface area contributed by atoms with Gasteiger partial charge in [-0.05, 0) is 30.4 Å². The van der Waals surface area contributed by atoms with Crippen LogP contribution in [0.15, 0.2) is 12.1 Å². The molecule has 0 aromatic heterocycles. The first-order valence-electron chi connectivity index (χ1n) is 4.97. The van der Waals surface area contributed by atoms with Gasteiger partial charge in [-0.3, -0.25) is 0 Å². The van der Waals surface area contributed by atoms with Crippen molar-refractivity contribution in [2.75, 3.05) is 13.2 Å². The van der Waals surface area contributed by atoms with Crippen molar-refractivity contribution >= 4 is 11.6 Å². The van der Waals surface area contributed by atoms with Gasteiger partial charge in [0.25, 0.3) is 0 Å². The van der Waals surface area contributed by atoms with Gasteiger partial charge in [0.1, 0.15) is 11.5 Å². The van der Waals surface area contributed by atoms with Crippen LogP contribution in [0.5, 0.6) is 11.5 Å². The number of phenolic OH excluding ortho intramolecular Hbond substituents is 2. The lowest BCUT2D eigenvalue weighted by Gasteiger charge is -2.23. The second-order valence-electron chi connectivity index (χ2n) is 3.75. The zero-order chi connectivity index (χ0) is 10.8. The highest BCUT2D eigenvalue weighted by Crippen LogP contribution is 2.38. The van der Waals surface area contributed by atoms with Gasteiger partial charge in [-0.2, -0.15) is 0 Å². The molecule has 1 aliphatic heterocycles. The summed E-state index contributed by atoms with van der Waals surface area (Å²) in [5.74, 6) is 0.311. The Morgan fingerprint density at radius 2 is 1.80 bits per heavy atom. The molecule has 1 aromatic rings. The number of phenols is 2. The Bertz CT molecular complexity index is 359. The monoisotopic (exact) mass is 228 g/mol. The molecule has 0 amide bonds. The van der Waals surface area contributed by atoms with Crippen molar-refractivity contribution in [2.45, 2.75) is 18.8 Å². The van der Waals surface area contributed by atoms with Gasteiger partial charge in [0.15, 0.2) is 0 Å². The number of aromatic hydroxyl groups is 2. The van der Waals surface area contributed by atoms with Crippen molar-refractivity contribution in [3.05, 3.63) is 22.7 Å². The van der Waals surface area contributed by atoms with Crippen LogP contribution in [0.1, 0.15) is 24.3 Å². The minimum absolute atomic E-state index is 0.0787. The fraction of sp³-hybridized carbons (Fsp3) is 0.455. The number of benzene rings is 1. The molecule has 1 aliphatic rings. The van der Waals surface area contributed by atoms with Gasteiger partial charge < -0.3 is 14.9 Å². The second-order valence-corrected chi connectivity index (χ2v) is 4.16. The van der Waals surface area contributed by atoms with Crippen LogP contribution >= 0.6 is 11.6 Å². The van der Waals surface area contributed by atoms with Crippen molar-refractivity contribution < 1.29 is 14.9 Å². The number of ether oxygens (including phenoxy) is 1. The average Bonchev–Trinajstić information content (AvgIpc) is 2.25. The van der Waals surface area contributed by atoms with Crippen LogP contribution in [0.25, 0.3) is 0 Å². The van der Waals surface area contributed by atoms with E-state index in [1.165, 1.54) is 6.07 Å². The van der Waals surface area contributed by atoms with E-state index in [-0.39, 0.29) is 22.4 Å². The van der Waals surface area contributed by atoms with E-state index in [1.54, 1.807) is 6.07 Å². The maximum Gasteiger partial charge on any atom is 0.137 e. The summed E-state index contributed by atoms with van der Waals surface area (Å²) >= 11 is 5.81. The van der Waals surface area contributed by atoms with Crippen molar-refractivity contribution in [3.8, 4) is 11.5 Å². The van der Waals surface area contributed by atoms with Crippen molar-refractivity contribution in [1.82, 2.24) is 0 Å². The highest BCUT2D eigenvalue weighted by molar-refractivity contribution is 6.32. The molecule has 0 unspecified atom stereocenters. The molecular formula is C11H13ClO3. The predicted molar refractivity (Wildman–Crippen MR) is 57.6 cm³/mol. The van der Waals surface area contributed by atoms with Gasteiger partial charge >= 0.3 is 0 Å². The molecule has 4 heteroatoms. The van der Waals surface area contributed by atoms with Gasteiger partial charge in [0, 0.05) is 19.3 Å². The molecule has 2 rings (SSSR count). The molecule has 1 aromatic carbocycles. The summed E-state index contributed by atoms with van der Waals surface area (Å²) < 4.78 is 5.25. The molecule has 1 fully saturated rings. The topological polar surface area (TPSA) is 49.7 Å². The van der Waals surface area contributed by atoms with Crippen molar-refractivity contribution in [1.29, 1.82) is 0 Å². The summed E-state index contributed by atoms with van der Waals surface area (Å²) in [6.45, 7) is 1.42. The number of rotatable bonds is 1. The van der Waals surface area contributed by atoms with E-state index in [4.69, 9.17) is 16.3 Å². The summed E-state index contributed by atoms with van der Waals surface area (Å²) in [5.41, 5.74) is 0.807. The molecule has 2 N–H and O–H groups in total. The third-order valence-corrected chi connectivity index (χ3v) is 3.06. The summed E-state index contributed by atoms with van der Waals surface area (Å²) in [5, 5.41) is 19.3. The van der Waals surface area contributed by atoms with Gasteiger partial charge in [-0.25, -0.2) is 0 Å². The highest BCUT2D eigenvalue weighted by atomic mass is 35.5. The normalized spacial score (nSPS) is 17.9. The van der Waals surface area contributed by atoms with Crippen LogP contribution < -0.4 is 0 Å². The van der Waals surface area contributed by atoms with E-state index >= 15 is 0 Å². The first kappa shape index (κ1) is 10.6. The Morgan fingerprint density at radius 1 is 1.13 bits per heavy atom. The molecule has 15 heavy (non-hydrogen) atoms. The average molecular weight is 229 g/mol. The SMILES string of the molecule is Oc1cc(O)c(C2CCOCC2)cc1Cl. The maximum atomic E-state index is 9.71. The first-order chi connectivity index (χ1) is 7.18. The second kappa shape index (κ2) is 4.29. The summed E-state index contributed by atoms with van der Waals surface area (Å²) in [6, 6.07) is 2.94. The van der Waals surface area contributed by atoms with E-state index in [0.29, 0.717) is 13.2 Å². The Kier molecular flexibility index (Phi) is 3.03. The maximum absolute atomic E-state index is 9.71. The Labute approximate surface area is 93.3 Å². The lowest BCUT2D eigenvalue weighted by atomic mass is 9.91. The van der Waals surface area contributed by atoms with Gasteiger partial charge in [-0.1, -0.05) is 11.6 Å². The molecule has 1 saturated heterocycles. The lowest BCUT2D eigenvalue weighted by molar-refractivity contribution is 0.0848. The van der Waals surface area contributed by atoms with Crippen molar-refractivity contribution in [2.24, 2.45) is 0 Å². The van der Waals surface area contributed by atoms with Crippen LogP contribution in [0.2, 0.25) is 5.02 Å². The van der Waals surface area contributed by atoms with Gasteiger partial charge in [0.05, 0.1) is 5.02 Å². The van der Waals surface area contributed by atoms with Gasteiger partial charge in [0.2, 0.25) is 0 Å². The smallest absolute Gasteiger partial charge is 0.137 e. The predicted octanol–water partition coefficient (Wildman–Crippen LogP) is 2.65. The number of hydrogen-bond acceptors (Lipinski definition) is 3. The van der Waals surface area contributed by atoms with Crippen molar-refractivity contribution in [3.63, 3.8) is 0 Å². The summed E-state index contributed by atoms with van der Waals surface area (Å²) in [7, 11) is 0. The van der Waals surface area contributed by atoms with Crippen LogP contribution in [-0.4, -0.2) is 23.4 Å². The highest BCUT2D eigenvalue weighted by Gasteiger charge is 2.20. The molecule has 0 radical (unpaired) electrons. The standard InChI is InChI=1S/C11H13ClO3/c12-9-5-8(10(13)6-11(9)14)7-1-3-15-4-2-7/h5-7,13-14H,1-4H2. The summed E-state index contributed by atoms with van der Waals surface area (Å²) in [6.07, 6.45) is 1.77. The molecule has 0 saturated carbocycles. The minimum Gasteiger partial charge on any atom is -0.508 e. The van der Waals surface area contributed by atoms with Crippen LogP contribution in [0.4, 0.5) is 0 Å². The Morgan fingerprint density at radius 3 is 2.47 bits per heavy atom.